The molecule has 0 radical (unpaired) electrons. The normalized spacial score (nSPS) is 12.3. The summed E-state index contributed by atoms with van der Waals surface area (Å²) in [6, 6.07) is 14.0. The summed E-state index contributed by atoms with van der Waals surface area (Å²) in [6.07, 6.45) is 1.67. The fraction of sp³-hybridized carbons (Fsp3) is 0.409. The molecule has 1 aromatic carbocycles. The van der Waals surface area contributed by atoms with Crippen LogP contribution < -0.4 is 5.32 Å². The molecule has 0 aliphatic heterocycles. The van der Waals surface area contributed by atoms with Crippen molar-refractivity contribution in [2.45, 2.75) is 38.5 Å². The molecule has 8 heteroatoms. The number of benzene rings is 1. The van der Waals surface area contributed by atoms with Gasteiger partial charge in [-0.15, -0.1) is 10.2 Å². The first-order valence-corrected chi connectivity index (χ1v) is 11.2. The second-order valence-corrected chi connectivity index (χ2v) is 7.89. The Morgan fingerprint density at radius 1 is 1.17 bits per heavy atom. The molecule has 0 saturated heterocycles. The average molecular weight is 428 g/mol. The predicted molar refractivity (Wildman–Crippen MR) is 118 cm³/mol. The van der Waals surface area contributed by atoms with Crippen LogP contribution in [0.2, 0.25) is 0 Å². The largest absolute Gasteiger partial charge is 0.468 e. The summed E-state index contributed by atoms with van der Waals surface area (Å²) in [4.78, 5) is 14.8. The molecule has 0 fully saturated rings. The molecule has 2 heterocycles. The monoisotopic (exact) mass is 427 g/mol. The van der Waals surface area contributed by atoms with Crippen LogP contribution >= 0.6 is 11.8 Å². The van der Waals surface area contributed by atoms with Crippen molar-refractivity contribution in [2.75, 3.05) is 25.4 Å². The van der Waals surface area contributed by atoms with Crippen molar-refractivity contribution in [3.63, 3.8) is 0 Å². The van der Waals surface area contributed by atoms with Crippen molar-refractivity contribution in [2.24, 2.45) is 0 Å². The van der Waals surface area contributed by atoms with Crippen LogP contribution in [0.1, 0.15) is 37.0 Å². The van der Waals surface area contributed by atoms with Gasteiger partial charge in [-0.3, -0.25) is 9.69 Å². The van der Waals surface area contributed by atoms with Crippen molar-refractivity contribution in [3.05, 3.63) is 65.9 Å². The van der Waals surface area contributed by atoms with E-state index in [1.165, 1.54) is 17.3 Å². The Morgan fingerprint density at radius 3 is 2.60 bits per heavy atom. The molecule has 0 saturated carbocycles. The number of aryl methyl sites for hydroxylation is 1. The number of likely N-dealkylation sites (N-methyl/N-ethyl adjacent to an activating group) is 1. The number of carbonyl (C=O) groups excluding carboxylic acids is 1. The Hall–Kier alpha value is -2.58. The average Bonchev–Trinajstić information content (AvgIpc) is 3.41. The van der Waals surface area contributed by atoms with Gasteiger partial charge in [0.25, 0.3) is 0 Å². The third-order valence-corrected chi connectivity index (χ3v) is 6.00. The number of aromatic nitrogens is 3. The van der Waals surface area contributed by atoms with Gasteiger partial charge in [0.05, 0.1) is 24.6 Å². The van der Waals surface area contributed by atoms with Crippen LogP contribution in [-0.4, -0.2) is 51.0 Å². The van der Waals surface area contributed by atoms with E-state index in [-0.39, 0.29) is 17.7 Å². The van der Waals surface area contributed by atoms with E-state index in [0.717, 1.165) is 29.8 Å². The van der Waals surface area contributed by atoms with Gasteiger partial charge < -0.3 is 14.3 Å². The minimum absolute atomic E-state index is 0.0212. The van der Waals surface area contributed by atoms with Gasteiger partial charge in [-0.05, 0) is 37.7 Å². The molecule has 160 valence electrons. The molecular weight excluding hydrogens is 398 g/mol. The van der Waals surface area contributed by atoms with Crippen molar-refractivity contribution in [1.82, 2.24) is 25.0 Å². The summed E-state index contributed by atoms with van der Waals surface area (Å²) in [6.45, 7) is 9.11. The van der Waals surface area contributed by atoms with Gasteiger partial charge in [-0.2, -0.15) is 0 Å². The molecule has 1 atom stereocenters. The zero-order valence-corrected chi connectivity index (χ0v) is 18.6. The van der Waals surface area contributed by atoms with Crippen molar-refractivity contribution < 1.29 is 9.21 Å². The molecule has 0 bridgehead atoms. The minimum atomic E-state index is -0.0318. The highest BCUT2D eigenvalue weighted by atomic mass is 32.2. The number of carbonyl (C=O) groups is 1. The first-order chi connectivity index (χ1) is 14.6. The summed E-state index contributed by atoms with van der Waals surface area (Å²) >= 11 is 1.40. The number of furan rings is 1. The second-order valence-electron chi connectivity index (χ2n) is 6.95. The minimum Gasteiger partial charge on any atom is -0.468 e. The van der Waals surface area contributed by atoms with E-state index in [1.807, 2.05) is 41.8 Å². The first kappa shape index (κ1) is 22.1. The number of hydrogen-bond donors (Lipinski definition) is 1. The third-order valence-electron chi connectivity index (χ3n) is 5.03. The Labute approximate surface area is 181 Å². The molecule has 0 aliphatic rings. The molecule has 7 nitrogen and oxygen atoms in total. The van der Waals surface area contributed by atoms with Gasteiger partial charge in [0.15, 0.2) is 5.16 Å². The number of hydrogen-bond acceptors (Lipinski definition) is 6. The van der Waals surface area contributed by atoms with Gasteiger partial charge in [-0.25, -0.2) is 0 Å². The molecule has 0 aliphatic carbocycles. The van der Waals surface area contributed by atoms with Crippen LogP contribution in [0, 0.1) is 6.92 Å². The maximum atomic E-state index is 12.5. The molecule has 1 unspecified atom stereocenters. The lowest BCUT2D eigenvalue weighted by Gasteiger charge is -2.28. The first-order valence-electron chi connectivity index (χ1n) is 10.2. The van der Waals surface area contributed by atoms with Crippen molar-refractivity contribution >= 4 is 17.7 Å². The number of nitrogens with one attached hydrogen (secondary N) is 1. The summed E-state index contributed by atoms with van der Waals surface area (Å²) in [5.41, 5.74) is 1.17. The highest BCUT2D eigenvalue weighted by Gasteiger charge is 2.21. The number of thioether (sulfide) groups is 1. The quantitative estimate of drug-likeness (QED) is 0.472. The lowest BCUT2D eigenvalue weighted by molar-refractivity contribution is -0.118. The topological polar surface area (TPSA) is 76.2 Å². The van der Waals surface area contributed by atoms with E-state index in [2.05, 4.69) is 46.4 Å². The van der Waals surface area contributed by atoms with E-state index in [0.29, 0.717) is 13.1 Å². The van der Waals surface area contributed by atoms with E-state index in [9.17, 15) is 4.79 Å². The van der Waals surface area contributed by atoms with Gasteiger partial charge >= 0.3 is 0 Å². The summed E-state index contributed by atoms with van der Waals surface area (Å²) in [7, 11) is 0. The lowest BCUT2D eigenvalue weighted by Crippen LogP contribution is -2.38. The van der Waals surface area contributed by atoms with Crippen LogP contribution in [0.5, 0.6) is 0 Å². The van der Waals surface area contributed by atoms with Crippen LogP contribution in [0.25, 0.3) is 0 Å². The molecule has 0 spiro atoms. The van der Waals surface area contributed by atoms with E-state index in [1.54, 1.807) is 6.26 Å². The Morgan fingerprint density at radius 2 is 1.93 bits per heavy atom. The van der Waals surface area contributed by atoms with Crippen LogP contribution in [0.15, 0.2) is 58.3 Å². The van der Waals surface area contributed by atoms with Crippen LogP contribution in [0.4, 0.5) is 0 Å². The molecule has 1 N–H and O–H groups in total. The zero-order chi connectivity index (χ0) is 21.3. The van der Waals surface area contributed by atoms with E-state index < -0.39 is 0 Å². The van der Waals surface area contributed by atoms with E-state index >= 15 is 0 Å². The zero-order valence-electron chi connectivity index (χ0n) is 17.7. The molecule has 3 rings (SSSR count). The number of rotatable bonds is 11. The molecule has 1 amide bonds. The van der Waals surface area contributed by atoms with Crippen LogP contribution in [0.3, 0.4) is 0 Å². The standard InChI is InChI=1S/C22H29N5O2S/c1-4-26(5-2)19(20-12-9-13-29-20)14-23-21(28)16-30-22-25-24-17(3)27(22)15-18-10-7-6-8-11-18/h6-13,19H,4-5,14-16H2,1-3H3,(H,23,28). The lowest BCUT2D eigenvalue weighted by atomic mass is 10.2. The SMILES string of the molecule is CCN(CC)C(CNC(=O)CSc1nnc(C)n1Cc1ccccc1)c1ccco1. The highest BCUT2D eigenvalue weighted by molar-refractivity contribution is 7.99. The highest BCUT2D eigenvalue weighted by Crippen LogP contribution is 2.21. The predicted octanol–water partition coefficient (Wildman–Crippen LogP) is 3.52. The molecule has 3 aromatic rings. The maximum Gasteiger partial charge on any atom is 0.230 e. The van der Waals surface area contributed by atoms with Gasteiger partial charge in [0, 0.05) is 6.54 Å². The van der Waals surface area contributed by atoms with Gasteiger partial charge in [0.1, 0.15) is 11.6 Å². The summed E-state index contributed by atoms with van der Waals surface area (Å²) in [5.74, 6) is 1.96. The summed E-state index contributed by atoms with van der Waals surface area (Å²) in [5, 5.41) is 12.2. The van der Waals surface area contributed by atoms with Crippen LogP contribution in [-0.2, 0) is 11.3 Å². The fourth-order valence-electron chi connectivity index (χ4n) is 3.36. The van der Waals surface area contributed by atoms with Gasteiger partial charge in [0.2, 0.25) is 5.91 Å². The van der Waals surface area contributed by atoms with Gasteiger partial charge in [-0.1, -0.05) is 55.9 Å². The Kier molecular flexibility index (Phi) is 8.10. The number of amides is 1. The van der Waals surface area contributed by atoms with Crippen molar-refractivity contribution in [3.8, 4) is 0 Å². The van der Waals surface area contributed by atoms with E-state index in [4.69, 9.17) is 4.42 Å². The molecular formula is C22H29N5O2S. The Balaban J connectivity index is 1.57. The van der Waals surface area contributed by atoms with Crippen molar-refractivity contribution in [1.29, 1.82) is 0 Å². The fourth-order valence-corrected chi connectivity index (χ4v) is 4.18. The molecule has 2 aromatic heterocycles. The Bertz CT molecular complexity index is 907. The maximum absolute atomic E-state index is 12.5. The number of nitrogens with zero attached hydrogens (tertiary/aromatic N) is 4. The third kappa shape index (κ3) is 5.73. The smallest absolute Gasteiger partial charge is 0.230 e. The second kappa shape index (κ2) is 11.0. The molecule has 30 heavy (non-hydrogen) atoms. The summed E-state index contributed by atoms with van der Waals surface area (Å²) < 4.78 is 7.63.